The monoisotopic (exact) mass is 258 g/mol. The number of carboxylic acids is 1. The van der Waals surface area contributed by atoms with Crippen LogP contribution >= 0.6 is 0 Å². The molecule has 98 valence electrons. The molecule has 5 nitrogen and oxygen atoms in total. The zero-order valence-electron chi connectivity index (χ0n) is 10.7. The van der Waals surface area contributed by atoms with Gasteiger partial charge in [0.1, 0.15) is 5.52 Å². The minimum atomic E-state index is -1.00. The van der Waals surface area contributed by atoms with Crippen LogP contribution < -0.4 is 5.32 Å². The van der Waals surface area contributed by atoms with Crippen LogP contribution in [-0.2, 0) is 0 Å². The molecule has 1 heterocycles. The first kappa shape index (κ1) is 13.0. The van der Waals surface area contributed by atoms with Crippen molar-refractivity contribution < 1.29 is 14.3 Å². The zero-order chi connectivity index (χ0) is 14.0. The predicted molar refractivity (Wildman–Crippen MR) is 72.1 cm³/mol. The highest BCUT2D eigenvalue weighted by Gasteiger charge is 2.14. The van der Waals surface area contributed by atoms with Gasteiger partial charge >= 0.3 is 5.97 Å². The molecule has 1 aromatic carbocycles. The fraction of sp³-hybridized carbons (Fsp3) is 0.286. The summed E-state index contributed by atoms with van der Waals surface area (Å²) in [6.45, 7) is 3.98. The topological polar surface area (TPSA) is 75.4 Å². The molecule has 1 aromatic heterocycles. The van der Waals surface area contributed by atoms with Crippen molar-refractivity contribution in [3.63, 3.8) is 0 Å². The summed E-state index contributed by atoms with van der Waals surface area (Å²) < 4.78 is 5.46. The van der Waals surface area contributed by atoms with Crippen molar-refractivity contribution in [1.82, 2.24) is 4.98 Å². The molecule has 0 aliphatic heterocycles. The van der Waals surface area contributed by atoms with Gasteiger partial charge in [0.05, 0.1) is 11.6 Å². The summed E-state index contributed by atoms with van der Waals surface area (Å²) in [5, 5.41) is 11.9. The summed E-state index contributed by atoms with van der Waals surface area (Å²) in [6.07, 6.45) is 5.42. The summed E-state index contributed by atoms with van der Waals surface area (Å²) in [5.74, 6) is 1.85. The van der Waals surface area contributed by atoms with Gasteiger partial charge in [0.2, 0.25) is 0 Å². The average Bonchev–Trinajstić information content (AvgIpc) is 2.76. The number of nitrogens with one attached hydrogen (secondary N) is 1. The van der Waals surface area contributed by atoms with Gasteiger partial charge in [0.15, 0.2) is 5.58 Å². The normalized spacial score (nSPS) is 12.3. The maximum atomic E-state index is 10.9. The van der Waals surface area contributed by atoms with E-state index in [4.69, 9.17) is 15.9 Å². The number of terminal acetylenes is 1. The van der Waals surface area contributed by atoms with Crippen molar-refractivity contribution >= 4 is 23.1 Å². The number of carbonyl (C=O) groups is 1. The van der Waals surface area contributed by atoms with Crippen molar-refractivity contribution in [3.8, 4) is 12.3 Å². The van der Waals surface area contributed by atoms with Crippen LogP contribution in [0.15, 0.2) is 22.6 Å². The van der Waals surface area contributed by atoms with Gasteiger partial charge in [-0.25, -0.2) is 4.79 Å². The third-order valence-corrected chi connectivity index (χ3v) is 2.76. The zero-order valence-corrected chi connectivity index (χ0v) is 10.7. The second-order valence-electron chi connectivity index (χ2n) is 4.54. The van der Waals surface area contributed by atoms with Crippen LogP contribution in [0.1, 0.15) is 24.2 Å². The van der Waals surface area contributed by atoms with E-state index in [1.54, 1.807) is 6.07 Å². The number of benzene rings is 1. The largest absolute Gasteiger partial charge is 0.478 e. The van der Waals surface area contributed by atoms with E-state index in [-0.39, 0.29) is 17.5 Å². The van der Waals surface area contributed by atoms with E-state index in [0.29, 0.717) is 17.1 Å². The van der Waals surface area contributed by atoms with Crippen molar-refractivity contribution in [2.45, 2.75) is 19.9 Å². The van der Waals surface area contributed by atoms with Crippen LogP contribution in [0.25, 0.3) is 11.1 Å². The second kappa shape index (κ2) is 5.02. The van der Waals surface area contributed by atoms with E-state index < -0.39 is 5.97 Å². The second-order valence-corrected chi connectivity index (χ2v) is 4.54. The van der Waals surface area contributed by atoms with Gasteiger partial charge in [0.25, 0.3) is 6.01 Å². The molecular formula is C14H14N2O3. The van der Waals surface area contributed by atoms with Gasteiger partial charge in [-0.2, -0.15) is 4.98 Å². The molecule has 2 N–H and O–H groups in total. The molecule has 2 aromatic rings. The highest BCUT2D eigenvalue weighted by Crippen LogP contribution is 2.21. The number of nitrogens with zero attached hydrogens (tertiary/aromatic N) is 1. The van der Waals surface area contributed by atoms with Gasteiger partial charge in [0, 0.05) is 0 Å². The minimum Gasteiger partial charge on any atom is -0.478 e. The first-order valence-corrected chi connectivity index (χ1v) is 5.88. The summed E-state index contributed by atoms with van der Waals surface area (Å²) in [7, 11) is 0. The molecule has 0 fully saturated rings. The van der Waals surface area contributed by atoms with E-state index in [2.05, 4.69) is 16.2 Å². The fourth-order valence-corrected chi connectivity index (χ4v) is 1.65. The van der Waals surface area contributed by atoms with Crippen molar-refractivity contribution in [3.05, 3.63) is 23.8 Å². The molecule has 5 heteroatoms. The predicted octanol–water partition coefficient (Wildman–Crippen LogP) is 2.60. The smallest absolute Gasteiger partial charge is 0.335 e. The summed E-state index contributed by atoms with van der Waals surface area (Å²) in [4.78, 5) is 15.1. The molecule has 19 heavy (non-hydrogen) atoms. The first-order valence-electron chi connectivity index (χ1n) is 5.88. The van der Waals surface area contributed by atoms with Crippen LogP contribution in [0, 0.1) is 18.3 Å². The molecule has 2 rings (SSSR count). The molecule has 0 aliphatic rings. The molecule has 0 saturated carbocycles. The lowest BCUT2D eigenvalue weighted by molar-refractivity contribution is 0.0697. The maximum absolute atomic E-state index is 10.9. The Morgan fingerprint density at radius 1 is 1.53 bits per heavy atom. The first-order chi connectivity index (χ1) is 9.01. The molecule has 0 saturated heterocycles. The summed E-state index contributed by atoms with van der Waals surface area (Å²) >= 11 is 0. The van der Waals surface area contributed by atoms with Gasteiger partial charge in [-0.05, 0) is 24.1 Å². The van der Waals surface area contributed by atoms with Crippen LogP contribution in [-0.4, -0.2) is 22.1 Å². The van der Waals surface area contributed by atoms with Crippen LogP contribution in [0.5, 0.6) is 0 Å². The van der Waals surface area contributed by atoms with Gasteiger partial charge in [-0.15, -0.1) is 6.42 Å². The van der Waals surface area contributed by atoms with Crippen molar-refractivity contribution in [2.24, 2.45) is 5.92 Å². The molecule has 0 radical (unpaired) electrons. The maximum Gasteiger partial charge on any atom is 0.335 e. The fourth-order valence-electron chi connectivity index (χ4n) is 1.65. The molecular weight excluding hydrogens is 244 g/mol. The lowest BCUT2D eigenvalue weighted by Gasteiger charge is -2.14. The Bertz CT molecular complexity index is 652. The van der Waals surface area contributed by atoms with E-state index in [0.717, 1.165) is 0 Å². The van der Waals surface area contributed by atoms with Gasteiger partial charge in [-0.1, -0.05) is 19.8 Å². The lowest BCUT2D eigenvalue weighted by atomic mass is 10.1. The highest BCUT2D eigenvalue weighted by molar-refractivity contribution is 5.92. The Morgan fingerprint density at radius 2 is 2.26 bits per heavy atom. The number of aromatic carboxylic acids is 1. The average molecular weight is 258 g/mol. The number of rotatable bonds is 4. The van der Waals surface area contributed by atoms with Crippen LogP contribution in [0.3, 0.4) is 0 Å². The molecule has 0 bridgehead atoms. The molecule has 1 atom stereocenters. The lowest BCUT2D eigenvalue weighted by Crippen LogP contribution is -2.23. The summed E-state index contributed by atoms with van der Waals surface area (Å²) in [6, 6.07) is 4.64. The van der Waals surface area contributed by atoms with E-state index >= 15 is 0 Å². The van der Waals surface area contributed by atoms with Gasteiger partial charge < -0.3 is 14.8 Å². The molecule has 0 amide bonds. The molecule has 0 spiro atoms. The Morgan fingerprint density at radius 3 is 2.84 bits per heavy atom. The highest BCUT2D eigenvalue weighted by atomic mass is 16.4. The number of hydrogen-bond donors (Lipinski definition) is 2. The summed E-state index contributed by atoms with van der Waals surface area (Å²) in [5.41, 5.74) is 1.17. The SMILES string of the molecule is C#CC(Nc1nc2ccc(C(=O)O)cc2o1)C(C)C. The van der Waals surface area contributed by atoms with Crippen molar-refractivity contribution in [1.29, 1.82) is 0 Å². The van der Waals surface area contributed by atoms with E-state index in [9.17, 15) is 4.79 Å². The van der Waals surface area contributed by atoms with Gasteiger partial charge in [-0.3, -0.25) is 0 Å². The quantitative estimate of drug-likeness (QED) is 0.824. The van der Waals surface area contributed by atoms with Crippen molar-refractivity contribution in [2.75, 3.05) is 5.32 Å². The van der Waals surface area contributed by atoms with Crippen LogP contribution in [0.2, 0.25) is 0 Å². The molecule has 0 aliphatic carbocycles. The standard InChI is InChI=1S/C14H14N2O3/c1-4-10(8(2)3)15-14-16-11-6-5-9(13(17)18)7-12(11)19-14/h1,5-8,10H,2-3H3,(H,15,16)(H,17,18). The third-order valence-electron chi connectivity index (χ3n) is 2.76. The van der Waals surface area contributed by atoms with E-state index in [1.165, 1.54) is 12.1 Å². The third kappa shape index (κ3) is 2.68. The Labute approximate surface area is 110 Å². The Hall–Kier alpha value is -2.48. The number of oxazole rings is 1. The van der Waals surface area contributed by atoms with E-state index in [1.807, 2.05) is 13.8 Å². The molecule has 1 unspecified atom stereocenters. The Balaban J connectivity index is 2.32. The number of carboxylic acid groups (broad SMARTS) is 1. The van der Waals surface area contributed by atoms with Crippen LogP contribution in [0.4, 0.5) is 6.01 Å². The number of hydrogen-bond acceptors (Lipinski definition) is 4. The number of fused-ring (bicyclic) bond motifs is 1. The number of anilines is 1. The Kier molecular flexibility index (Phi) is 3.43. The minimum absolute atomic E-state index is 0.160. The number of aromatic nitrogens is 1.